The van der Waals surface area contributed by atoms with Crippen LogP contribution in [0.3, 0.4) is 0 Å². The molecule has 0 bridgehead atoms. The van der Waals surface area contributed by atoms with Gasteiger partial charge in [-0.1, -0.05) is 28.9 Å². The first kappa shape index (κ1) is 22.5. The fourth-order valence-electron chi connectivity index (χ4n) is 4.05. The predicted molar refractivity (Wildman–Crippen MR) is 136 cm³/mol. The number of anilines is 2. The summed E-state index contributed by atoms with van der Waals surface area (Å²) in [4.78, 5) is 21.3. The van der Waals surface area contributed by atoms with E-state index in [-0.39, 0.29) is 6.03 Å². The lowest BCUT2D eigenvalue weighted by Gasteiger charge is -2.36. The van der Waals surface area contributed by atoms with Gasteiger partial charge in [0, 0.05) is 54.7 Å². The molecule has 0 unspecified atom stereocenters. The number of aromatic nitrogens is 2. The molecule has 1 N–H and O–H groups in total. The van der Waals surface area contributed by atoms with E-state index in [1.165, 1.54) is 5.56 Å². The quantitative estimate of drug-likeness (QED) is 0.439. The molecule has 178 valence electrons. The largest absolute Gasteiger partial charge is 0.497 e. The zero-order valence-electron chi connectivity index (χ0n) is 19.8. The summed E-state index contributed by atoms with van der Waals surface area (Å²) < 4.78 is 10.7. The summed E-state index contributed by atoms with van der Waals surface area (Å²) in [7, 11) is 1.61. The van der Waals surface area contributed by atoms with E-state index < -0.39 is 0 Å². The minimum Gasteiger partial charge on any atom is -0.497 e. The van der Waals surface area contributed by atoms with Crippen molar-refractivity contribution in [1.82, 2.24) is 15.0 Å². The molecule has 0 saturated carbocycles. The molecule has 0 spiro atoms. The number of amides is 2. The number of benzene rings is 3. The van der Waals surface area contributed by atoms with E-state index in [0.717, 1.165) is 35.6 Å². The maximum absolute atomic E-state index is 12.7. The summed E-state index contributed by atoms with van der Waals surface area (Å²) in [6.45, 7) is 4.83. The van der Waals surface area contributed by atoms with Gasteiger partial charge in [-0.2, -0.15) is 4.98 Å². The maximum atomic E-state index is 12.7. The first-order valence-corrected chi connectivity index (χ1v) is 11.6. The monoisotopic (exact) mass is 469 g/mol. The number of hydrogen-bond acceptors (Lipinski definition) is 6. The second-order valence-corrected chi connectivity index (χ2v) is 8.47. The number of aryl methyl sites for hydroxylation is 1. The van der Waals surface area contributed by atoms with Gasteiger partial charge in [-0.15, -0.1) is 0 Å². The Morgan fingerprint density at radius 2 is 1.66 bits per heavy atom. The lowest BCUT2D eigenvalue weighted by molar-refractivity contribution is 0.208. The number of urea groups is 1. The summed E-state index contributed by atoms with van der Waals surface area (Å²) in [6, 6.07) is 23.4. The topological polar surface area (TPSA) is 83.7 Å². The molecule has 0 atom stereocenters. The van der Waals surface area contributed by atoms with Crippen molar-refractivity contribution >= 4 is 17.4 Å². The summed E-state index contributed by atoms with van der Waals surface area (Å²) >= 11 is 0. The Bertz CT molecular complexity index is 1290. The number of piperazine rings is 1. The Morgan fingerprint density at radius 3 is 2.37 bits per heavy atom. The summed E-state index contributed by atoms with van der Waals surface area (Å²) in [6.07, 6.45) is 0. The SMILES string of the molecule is COc1cccc(NC(=O)N2CCN(c3ccc(-c4noc(-c5ccc(C)cc5)n4)cc3)CC2)c1. The second-order valence-electron chi connectivity index (χ2n) is 8.47. The predicted octanol–water partition coefficient (Wildman–Crippen LogP) is 5.07. The highest BCUT2D eigenvalue weighted by molar-refractivity contribution is 5.89. The molecule has 0 aliphatic carbocycles. The third-order valence-corrected chi connectivity index (χ3v) is 6.10. The highest BCUT2D eigenvalue weighted by atomic mass is 16.5. The smallest absolute Gasteiger partial charge is 0.321 e. The Morgan fingerprint density at radius 1 is 0.943 bits per heavy atom. The zero-order valence-corrected chi connectivity index (χ0v) is 19.8. The first-order chi connectivity index (χ1) is 17.1. The van der Waals surface area contributed by atoms with E-state index in [1.807, 2.05) is 72.5 Å². The van der Waals surface area contributed by atoms with Gasteiger partial charge in [0.2, 0.25) is 5.82 Å². The number of ether oxygens (including phenoxy) is 1. The minimum atomic E-state index is -0.102. The van der Waals surface area contributed by atoms with Crippen molar-refractivity contribution in [3.8, 4) is 28.6 Å². The number of carbonyl (C=O) groups excluding carboxylic acids is 1. The highest BCUT2D eigenvalue weighted by Crippen LogP contribution is 2.25. The zero-order chi connectivity index (χ0) is 24.2. The Labute approximate surface area is 204 Å². The van der Waals surface area contributed by atoms with Gasteiger partial charge < -0.3 is 24.4 Å². The van der Waals surface area contributed by atoms with E-state index >= 15 is 0 Å². The van der Waals surface area contributed by atoms with Crippen LogP contribution in [0, 0.1) is 6.92 Å². The van der Waals surface area contributed by atoms with Crippen LogP contribution < -0.4 is 15.0 Å². The van der Waals surface area contributed by atoms with Gasteiger partial charge >= 0.3 is 6.03 Å². The number of carbonyl (C=O) groups is 1. The van der Waals surface area contributed by atoms with Crippen molar-refractivity contribution in [2.24, 2.45) is 0 Å². The number of hydrogen-bond donors (Lipinski definition) is 1. The Kier molecular flexibility index (Phi) is 6.34. The number of rotatable bonds is 5. The molecular formula is C27H27N5O3. The standard InChI is InChI=1S/C27H27N5O3/c1-19-6-8-21(9-7-19)26-29-25(30-35-26)20-10-12-23(13-11-20)31-14-16-32(17-15-31)27(33)28-22-4-3-5-24(18-22)34-2/h3-13,18H,14-17H2,1-2H3,(H,28,33). The summed E-state index contributed by atoms with van der Waals surface area (Å²) in [5, 5.41) is 7.09. The van der Waals surface area contributed by atoms with Gasteiger partial charge in [0.05, 0.1) is 7.11 Å². The lowest BCUT2D eigenvalue weighted by atomic mass is 10.1. The van der Waals surface area contributed by atoms with Crippen LogP contribution >= 0.6 is 0 Å². The molecule has 1 saturated heterocycles. The van der Waals surface area contributed by atoms with Crippen molar-refractivity contribution in [3.05, 3.63) is 78.4 Å². The fraction of sp³-hybridized carbons (Fsp3) is 0.222. The first-order valence-electron chi connectivity index (χ1n) is 11.6. The summed E-state index contributed by atoms with van der Waals surface area (Å²) in [5.74, 6) is 1.78. The second kappa shape index (κ2) is 9.89. The molecule has 0 radical (unpaired) electrons. The van der Waals surface area contributed by atoms with Gasteiger partial charge in [0.15, 0.2) is 0 Å². The minimum absolute atomic E-state index is 0.102. The van der Waals surface area contributed by atoms with Gasteiger partial charge in [0.25, 0.3) is 5.89 Å². The van der Waals surface area contributed by atoms with Gasteiger partial charge in [0.1, 0.15) is 5.75 Å². The van der Waals surface area contributed by atoms with Crippen LogP contribution in [0.1, 0.15) is 5.56 Å². The molecule has 5 rings (SSSR count). The Hall–Kier alpha value is -4.33. The molecule has 2 heterocycles. The molecule has 3 aromatic carbocycles. The molecule has 4 aromatic rings. The Balaban J connectivity index is 1.18. The van der Waals surface area contributed by atoms with E-state index in [4.69, 9.17) is 9.26 Å². The van der Waals surface area contributed by atoms with Crippen LogP contribution in [0.2, 0.25) is 0 Å². The van der Waals surface area contributed by atoms with Crippen LogP contribution in [-0.2, 0) is 0 Å². The van der Waals surface area contributed by atoms with Gasteiger partial charge in [-0.25, -0.2) is 4.79 Å². The molecule has 1 aliphatic heterocycles. The molecular weight excluding hydrogens is 442 g/mol. The third-order valence-electron chi connectivity index (χ3n) is 6.10. The fourth-order valence-corrected chi connectivity index (χ4v) is 4.05. The molecule has 35 heavy (non-hydrogen) atoms. The van der Waals surface area contributed by atoms with Crippen LogP contribution in [0.15, 0.2) is 77.3 Å². The van der Waals surface area contributed by atoms with E-state index in [9.17, 15) is 4.79 Å². The van der Waals surface area contributed by atoms with Crippen LogP contribution in [0.25, 0.3) is 22.8 Å². The van der Waals surface area contributed by atoms with Gasteiger partial charge in [-0.3, -0.25) is 0 Å². The van der Waals surface area contributed by atoms with Crippen molar-refractivity contribution in [3.63, 3.8) is 0 Å². The molecule has 8 nitrogen and oxygen atoms in total. The van der Waals surface area contributed by atoms with Crippen molar-refractivity contribution in [1.29, 1.82) is 0 Å². The summed E-state index contributed by atoms with van der Waals surface area (Å²) in [5.41, 5.74) is 4.80. The number of methoxy groups -OCH3 is 1. The normalized spacial score (nSPS) is 13.5. The van der Waals surface area contributed by atoms with Gasteiger partial charge in [-0.05, 0) is 55.5 Å². The average molecular weight is 470 g/mol. The van der Waals surface area contributed by atoms with Crippen molar-refractivity contribution in [2.75, 3.05) is 43.5 Å². The third kappa shape index (κ3) is 5.11. The van der Waals surface area contributed by atoms with E-state index in [0.29, 0.717) is 30.6 Å². The van der Waals surface area contributed by atoms with Crippen LogP contribution in [-0.4, -0.2) is 54.4 Å². The van der Waals surface area contributed by atoms with Crippen LogP contribution in [0.4, 0.5) is 16.2 Å². The molecule has 1 fully saturated rings. The van der Waals surface area contributed by atoms with Crippen molar-refractivity contribution < 1.29 is 14.1 Å². The molecule has 1 aromatic heterocycles. The van der Waals surface area contributed by atoms with E-state index in [1.54, 1.807) is 7.11 Å². The number of nitrogens with one attached hydrogen (secondary N) is 1. The maximum Gasteiger partial charge on any atom is 0.321 e. The average Bonchev–Trinajstić information content (AvgIpc) is 3.40. The van der Waals surface area contributed by atoms with Crippen molar-refractivity contribution in [2.45, 2.75) is 6.92 Å². The molecule has 1 aliphatic rings. The molecule has 8 heteroatoms. The van der Waals surface area contributed by atoms with Crippen LogP contribution in [0.5, 0.6) is 5.75 Å². The number of nitrogens with zero attached hydrogens (tertiary/aromatic N) is 4. The van der Waals surface area contributed by atoms with E-state index in [2.05, 4.69) is 32.5 Å². The molecule has 2 amide bonds. The lowest BCUT2D eigenvalue weighted by Crippen LogP contribution is -2.50. The highest BCUT2D eigenvalue weighted by Gasteiger charge is 2.22.